The second kappa shape index (κ2) is 7.78. The zero-order valence-corrected chi connectivity index (χ0v) is 17.8. The smallest absolute Gasteiger partial charge is 0.341 e. The molecule has 168 valence electrons. The Kier molecular flexibility index (Phi) is 5.41. The molecule has 4 atom stereocenters. The van der Waals surface area contributed by atoms with Crippen LogP contribution in [-0.2, 0) is 0 Å². The summed E-state index contributed by atoms with van der Waals surface area (Å²) in [5, 5.41) is 9.30. The number of methoxy groups -OCH3 is 1. The van der Waals surface area contributed by atoms with Gasteiger partial charge >= 0.3 is 5.97 Å². The summed E-state index contributed by atoms with van der Waals surface area (Å²) in [6, 6.07) is 0.117. The molecule has 2 heterocycles. The van der Waals surface area contributed by atoms with E-state index in [4.69, 9.17) is 10.5 Å². The molecule has 0 bridgehead atoms. The minimum atomic E-state index is -1.46. The van der Waals surface area contributed by atoms with Crippen LogP contribution in [0.5, 0.6) is 5.75 Å². The van der Waals surface area contributed by atoms with Crippen LogP contribution in [-0.4, -0.2) is 48.1 Å². The van der Waals surface area contributed by atoms with Crippen molar-refractivity contribution in [2.45, 2.75) is 44.9 Å². The second-order valence-corrected chi connectivity index (χ2v) is 8.71. The predicted molar refractivity (Wildman–Crippen MR) is 113 cm³/mol. The average Bonchev–Trinajstić information content (AvgIpc) is 3.48. The van der Waals surface area contributed by atoms with E-state index < -0.39 is 35.0 Å². The van der Waals surface area contributed by atoms with Crippen LogP contribution in [0.3, 0.4) is 0 Å². The van der Waals surface area contributed by atoms with Crippen LogP contribution in [0.2, 0.25) is 0 Å². The van der Waals surface area contributed by atoms with Gasteiger partial charge in [0.2, 0.25) is 5.43 Å². The molecular formula is C22H27F2N3O4. The molecule has 2 fully saturated rings. The highest BCUT2D eigenvalue weighted by Gasteiger charge is 2.42. The number of ether oxygens (including phenoxy) is 1. The number of hydrogen-bond donors (Lipinski definition) is 2. The van der Waals surface area contributed by atoms with Crippen molar-refractivity contribution in [3.8, 4) is 5.75 Å². The van der Waals surface area contributed by atoms with Crippen LogP contribution >= 0.6 is 0 Å². The molecule has 1 aliphatic carbocycles. The van der Waals surface area contributed by atoms with E-state index >= 15 is 4.39 Å². The highest BCUT2D eigenvalue weighted by molar-refractivity contribution is 5.97. The zero-order valence-electron chi connectivity index (χ0n) is 17.8. The number of hydrogen-bond acceptors (Lipinski definition) is 5. The van der Waals surface area contributed by atoms with Gasteiger partial charge < -0.3 is 25.0 Å². The van der Waals surface area contributed by atoms with E-state index in [2.05, 4.69) is 0 Å². The maximum Gasteiger partial charge on any atom is 0.341 e. The summed E-state index contributed by atoms with van der Waals surface area (Å²) in [6.07, 6.45) is 1.99. The monoisotopic (exact) mass is 435 g/mol. The first-order valence-corrected chi connectivity index (χ1v) is 10.5. The van der Waals surface area contributed by atoms with E-state index in [9.17, 15) is 19.1 Å². The van der Waals surface area contributed by atoms with Gasteiger partial charge in [0.15, 0.2) is 11.6 Å². The third-order valence-electron chi connectivity index (χ3n) is 6.69. The van der Waals surface area contributed by atoms with Gasteiger partial charge in [-0.3, -0.25) is 4.79 Å². The second-order valence-electron chi connectivity index (χ2n) is 8.71. The van der Waals surface area contributed by atoms with Gasteiger partial charge in [-0.15, -0.1) is 0 Å². The maximum atomic E-state index is 15.4. The highest BCUT2D eigenvalue weighted by atomic mass is 19.1. The summed E-state index contributed by atoms with van der Waals surface area (Å²) in [5.74, 6) is -1.28. The summed E-state index contributed by atoms with van der Waals surface area (Å²) in [6.45, 7) is 3.91. The Morgan fingerprint density at radius 3 is 2.55 bits per heavy atom. The molecule has 7 nitrogen and oxygen atoms in total. The number of benzene rings is 1. The van der Waals surface area contributed by atoms with Crippen molar-refractivity contribution in [1.29, 1.82) is 0 Å². The molecule has 0 spiro atoms. The lowest BCUT2D eigenvalue weighted by Crippen LogP contribution is -2.30. The number of anilines is 1. The molecule has 31 heavy (non-hydrogen) atoms. The SMILES string of the molecule is COc1c(N2CC(N)C(C3CC3)C2)c(F)cc2c(=O)c(C(=O)O)cn(C(C)C(C)F)c12. The number of carbonyl (C=O) groups is 1. The van der Waals surface area contributed by atoms with Gasteiger partial charge in [0.1, 0.15) is 17.4 Å². The number of aromatic carboxylic acids is 1. The van der Waals surface area contributed by atoms with Crippen LogP contribution in [0, 0.1) is 17.7 Å². The lowest BCUT2D eigenvalue weighted by Gasteiger charge is -2.27. The summed E-state index contributed by atoms with van der Waals surface area (Å²) in [4.78, 5) is 26.3. The van der Waals surface area contributed by atoms with Crippen LogP contribution in [0.4, 0.5) is 14.5 Å². The number of rotatable bonds is 6. The number of nitrogens with zero attached hydrogens (tertiary/aromatic N) is 2. The van der Waals surface area contributed by atoms with E-state index in [0.717, 1.165) is 25.1 Å². The van der Waals surface area contributed by atoms with Crippen LogP contribution in [0.25, 0.3) is 10.9 Å². The quantitative estimate of drug-likeness (QED) is 0.724. The van der Waals surface area contributed by atoms with E-state index in [1.54, 1.807) is 6.92 Å². The van der Waals surface area contributed by atoms with Gasteiger partial charge in [0.25, 0.3) is 0 Å². The lowest BCUT2D eigenvalue weighted by molar-refractivity contribution is 0.0694. The molecule has 0 amide bonds. The molecule has 3 N–H and O–H groups in total. The van der Waals surface area contributed by atoms with Crippen molar-refractivity contribution in [1.82, 2.24) is 4.57 Å². The Bertz CT molecular complexity index is 1100. The largest absolute Gasteiger partial charge is 0.492 e. The number of nitrogens with two attached hydrogens (primary N) is 1. The molecule has 1 aromatic carbocycles. The van der Waals surface area contributed by atoms with E-state index in [-0.39, 0.29) is 34.3 Å². The molecule has 1 aliphatic heterocycles. The number of carboxylic acids is 1. The molecule has 9 heteroatoms. The van der Waals surface area contributed by atoms with Crippen molar-refractivity contribution in [2.24, 2.45) is 17.6 Å². The third kappa shape index (κ3) is 3.54. The Balaban J connectivity index is 1.98. The first-order valence-electron chi connectivity index (χ1n) is 10.5. The van der Waals surface area contributed by atoms with Gasteiger partial charge in [-0.2, -0.15) is 0 Å². The van der Waals surface area contributed by atoms with E-state index in [0.29, 0.717) is 19.0 Å². The van der Waals surface area contributed by atoms with Crippen molar-refractivity contribution in [3.63, 3.8) is 0 Å². The van der Waals surface area contributed by atoms with Crippen molar-refractivity contribution < 1.29 is 23.4 Å². The van der Waals surface area contributed by atoms with Crippen LogP contribution < -0.4 is 20.8 Å². The normalized spacial score (nSPS) is 23.2. The maximum absolute atomic E-state index is 15.4. The number of halogens is 2. The molecular weight excluding hydrogens is 408 g/mol. The van der Waals surface area contributed by atoms with Gasteiger partial charge in [-0.25, -0.2) is 13.6 Å². The minimum absolute atomic E-state index is 0.0835. The molecule has 1 saturated carbocycles. The molecule has 0 radical (unpaired) electrons. The van der Waals surface area contributed by atoms with Crippen LogP contribution in [0.1, 0.15) is 43.1 Å². The van der Waals surface area contributed by atoms with Gasteiger partial charge in [-0.05, 0) is 44.6 Å². The lowest BCUT2D eigenvalue weighted by atomic mass is 9.99. The first kappa shape index (κ1) is 21.5. The predicted octanol–water partition coefficient (Wildman–Crippen LogP) is 2.94. The molecule has 4 rings (SSSR count). The number of carboxylic acid groups (broad SMARTS) is 1. The van der Waals surface area contributed by atoms with Gasteiger partial charge in [0.05, 0.1) is 24.1 Å². The van der Waals surface area contributed by atoms with Gasteiger partial charge in [0, 0.05) is 25.3 Å². The topological polar surface area (TPSA) is 97.8 Å². The average molecular weight is 435 g/mol. The van der Waals surface area contributed by atoms with Crippen molar-refractivity contribution in [2.75, 3.05) is 25.1 Å². The number of alkyl halides is 1. The Morgan fingerprint density at radius 1 is 1.32 bits per heavy atom. The summed E-state index contributed by atoms with van der Waals surface area (Å²) in [5.41, 5.74) is 5.28. The number of aromatic nitrogens is 1. The molecule has 2 aliphatic rings. The summed E-state index contributed by atoms with van der Waals surface area (Å²) < 4.78 is 36.6. The number of fused-ring (bicyclic) bond motifs is 1. The van der Waals surface area contributed by atoms with Crippen molar-refractivity contribution in [3.05, 3.63) is 33.9 Å². The molecule has 1 aromatic heterocycles. The van der Waals surface area contributed by atoms with E-state index in [1.165, 1.54) is 18.6 Å². The minimum Gasteiger partial charge on any atom is -0.492 e. The Morgan fingerprint density at radius 2 is 2.00 bits per heavy atom. The van der Waals surface area contributed by atoms with Gasteiger partial charge in [-0.1, -0.05) is 0 Å². The van der Waals surface area contributed by atoms with Crippen LogP contribution in [0.15, 0.2) is 17.1 Å². The standard InChI is InChI=1S/C22H27F2N3O4/c1-10(23)11(2)27-8-15(22(29)30)20(28)13-6-16(24)19(21(31-3)18(13)27)26-7-14(12-4-5-12)17(25)9-26/h6,8,10-12,14,17H,4-5,7,9,25H2,1-3H3,(H,29,30). The first-order chi connectivity index (χ1) is 14.6. The fourth-order valence-corrected chi connectivity index (χ4v) is 4.69. The highest BCUT2D eigenvalue weighted by Crippen LogP contribution is 2.45. The van der Waals surface area contributed by atoms with Crippen molar-refractivity contribution >= 4 is 22.6 Å². The fourth-order valence-electron chi connectivity index (χ4n) is 4.69. The fraction of sp³-hybridized carbons (Fsp3) is 0.545. The molecule has 4 unspecified atom stereocenters. The summed E-state index contributed by atoms with van der Waals surface area (Å²) in [7, 11) is 1.36. The molecule has 2 aromatic rings. The number of pyridine rings is 1. The summed E-state index contributed by atoms with van der Waals surface area (Å²) >= 11 is 0. The van der Waals surface area contributed by atoms with E-state index in [1.807, 2.05) is 4.90 Å². The Hall–Kier alpha value is -2.68. The Labute approximate surface area is 178 Å². The molecule has 1 saturated heterocycles. The third-order valence-corrected chi connectivity index (χ3v) is 6.69. The zero-order chi connectivity index (χ0) is 22.6.